The Morgan fingerprint density at radius 3 is 2.23 bits per heavy atom. The second-order valence-corrected chi connectivity index (χ2v) is 9.93. The molecule has 0 saturated carbocycles. The summed E-state index contributed by atoms with van der Waals surface area (Å²) in [4.78, 5) is 38.9. The van der Waals surface area contributed by atoms with Gasteiger partial charge < -0.3 is 10.1 Å². The number of amides is 1. The van der Waals surface area contributed by atoms with E-state index in [0.717, 1.165) is 10.6 Å². The van der Waals surface area contributed by atoms with Crippen molar-refractivity contribution in [1.29, 1.82) is 0 Å². The van der Waals surface area contributed by atoms with E-state index in [9.17, 15) is 14.4 Å². The molecule has 1 atom stereocenters. The van der Waals surface area contributed by atoms with E-state index in [1.54, 1.807) is 63.7 Å². The topological polar surface area (TPSA) is 72.5 Å². The molecule has 0 aliphatic heterocycles. The second kappa shape index (κ2) is 10.7. The van der Waals surface area contributed by atoms with Crippen molar-refractivity contribution in [3.05, 3.63) is 54.1 Å². The van der Waals surface area contributed by atoms with Crippen LogP contribution in [-0.4, -0.2) is 35.8 Å². The largest absolute Gasteiger partial charge is 0.454 e. The standard InChI is InChI=1S/C23H27NO4S2/c1-15(21(26)24-17-11-7-9-13-19(17)29-5)30-18-12-8-6-10-16(18)22(27)28-14-20(25)23(2,3)4/h6-13,15H,14H2,1-5H3,(H,24,26)/t15-/m0/s1. The average molecular weight is 446 g/mol. The van der Waals surface area contributed by atoms with Crippen molar-refractivity contribution in [3.63, 3.8) is 0 Å². The van der Waals surface area contributed by atoms with Crippen LogP contribution in [0.2, 0.25) is 0 Å². The summed E-state index contributed by atoms with van der Waals surface area (Å²) in [5.74, 6) is -0.884. The molecule has 0 bridgehead atoms. The summed E-state index contributed by atoms with van der Waals surface area (Å²) in [6.07, 6.45) is 1.95. The van der Waals surface area contributed by atoms with E-state index in [2.05, 4.69) is 5.32 Å². The van der Waals surface area contributed by atoms with Gasteiger partial charge in [-0.25, -0.2) is 4.79 Å². The molecular weight excluding hydrogens is 418 g/mol. The van der Waals surface area contributed by atoms with Gasteiger partial charge >= 0.3 is 5.97 Å². The van der Waals surface area contributed by atoms with Gasteiger partial charge in [-0.15, -0.1) is 23.5 Å². The van der Waals surface area contributed by atoms with Crippen molar-refractivity contribution in [1.82, 2.24) is 0 Å². The highest BCUT2D eigenvalue weighted by Gasteiger charge is 2.24. The third-order valence-corrected chi connectivity index (χ3v) is 6.29. The molecule has 0 aromatic heterocycles. The summed E-state index contributed by atoms with van der Waals surface area (Å²) in [6.45, 7) is 6.85. The lowest BCUT2D eigenvalue weighted by molar-refractivity contribution is -0.129. The fraction of sp³-hybridized carbons (Fsp3) is 0.348. The molecular formula is C23H27NO4S2. The second-order valence-electron chi connectivity index (χ2n) is 7.70. The summed E-state index contributed by atoms with van der Waals surface area (Å²) in [5.41, 5.74) is 0.526. The van der Waals surface area contributed by atoms with Crippen LogP contribution < -0.4 is 5.32 Å². The number of esters is 1. The van der Waals surface area contributed by atoms with Gasteiger partial charge in [0.15, 0.2) is 12.4 Å². The Labute approximate surface area is 186 Å². The number of nitrogens with one attached hydrogen (secondary N) is 1. The fourth-order valence-electron chi connectivity index (χ4n) is 2.39. The molecule has 0 heterocycles. The Hall–Kier alpha value is -2.25. The minimum Gasteiger partial charge on any atom is -0.454 e. The van der Waals surface area contributed by atoms with Crippen molar-refractivity contribution in [3.8, 4) is 0 Å². The third-order valence-electron chi connectivity index (χ3n) is 4.32. The van der Waals surface area contributed by atoms with Gasteiger partial charge in [0.1, 0.15) is 0 Å². The first-order chi connectivity index (χ1) is 14.1. The molecule has 1 amide bonds. The molecule has 0 radical (unpaired) electrons. The van der Waals surface area contributed by atoms with E-state index < -0.39 is 16.6 Å². The Kier molecular flexibility index (Phi) is 8.55. The molecule has 0 spiro atoms. The van der Waals surface area contributed by atoms with Crippen molar-refractivity contribution in [2.24, 2.45) is 5.41 Å². The molecule has 2 rings (SSSR count). The number of hydrogen-bond acceptors (Lipinski definition) is 6. The van der Waals surface area contributed by atoms with E-state index in [1.807, 2.05) is 30.5 Å². The monoisotopic (exact) mass is 445 g/mol. The van der Waals surface area contributed by atoms with Gasteiger partial charge in [-0.1, -0.05) is 45.0 Å². The fourth-order valence-corrected chi connectivity index (χ4v) is 3.93. The number of carbonyl (C=O) groups excluding carboxylic acids is 3. The number of ether oxygens (including phenoxy) is 1. The number of Topliss-reactive ketones (excluding diaryl/α,β-unsaturated/α-hetero) is 1. The van der Waals surface area contributed by atoms with Gasteiger partial charge in [0, 0.05) is 15.2 Å². The number of thioether (sulfide) groups is 2. The zero-order chi connectivity index (χ0) is 22.3. The summed E-state index contributed by atoms with van der Waals surface area (Å²) < 4.78 is 5.22. The van der Waals surface area contributed by atoms with Crippen LogP contribution in [0.15, 0.2) is 58.3 Å². The first-order valence-corrected chi connectivity index (χ1v) is 11.6. The Bertz CT molecular complexity index is 921. The molecule has 0 aliphatic carbocycles. The zero-order valence-electron chi connectivity index (χ0n) is 17.9. The molecule has 0 unspecified atom stereocenters. The molecule has 160 valence electrons. The van der Waals surface area contributed by atoms with Gasteiger partial charge in [0.25, 0.3) is 0 Å². The summed E-state index contributed by atoms with van der Waals surface area (Å²) in [7, 11) is 0. The molecule has 2 aromatic carbocycles. The number of benzene rings is 2. The van der Waals surface area contributed by atoms with Crippen LogP contribution >= 0.6 is 23.5 Å². The van der Waals surface area contributed by atoms with Crippen LogP contribution in [-0.2, 0) is 14.3 Å². The SMILES string of the molecule is CSc1ccccc1NC(=O)[C@H](C)Sc1ccccc1C(=O)OCC(=O)C(C)(C)C. The summed E-state index contributed by atoms with van der Waals surface area (Å²) in [6, 6.07) is 14.5. The minimum atomic E-state index is -0.575. The molecule has 0 aliphatic rings. The van der Waals surface area contributed by atoms with E-state index in [-0.39, 0.29) is 18.3 Å². The minimum absolute atomic E-state index is 0.152. The maximum Gasteiger partial charge on any atom is 0.339 e. The predicted molar refractivity (Wildman–Crippen MR) is 123 cm³/mol. The highest BCUT2D eigenvalue weighted by molar-refractivity contribution is 8.00. The van der Waals surface area contributed by atoms with Crippen LogP contribution in [0, 0.1) is 5.41 Å². The van der Waals surface area contributed by atoms with Crippen molar-refractivity contribution >= 4 is 46.9 Å². The number of ketones is 1. The molecule has 7 heteroatoms. The van der Waals surface area contributed by atoms with Crippen molar-refractivity contribution < 1.29 is 19.1 Å². The van der Waals surface area contributed by atoms with E-state index >= 15 is 0 Å². The normalized spacial score (nSPS) is 12.2. The Morgan fingerprint density at radius 2 is 1.60 bits per heavy atom. The Balaban J connectivity index is 2.07. The third kappa shape index (κ3) is 6.64. The van der Waals surface area contributed by atoms with E-state index in [1.165, 1.54) is 11.8 Å². The smallest absolute Gasteiger partial charge is 0.339 e. The van der Waals surface area contributed by atoms with E-state index in [4.69, 9.17) is 4.74 Å². The molecule has 2 aromatic rings. The molecule has 0 saturated heterocycles. The van der Waals surface area contributed by atoms with Crippen molar-refractivity contribution in [2.75, 3.05) is 18.2 Å². The van der Waals surface area contributed by atoms with Gasteiger partial charge in [0.05, 0.1) is 16.5 Å². The van der Waals surface area contributed by atoms with Gasteiger partial charge in [-0.05, 0) is 37.4 Å². The lowest BCUT2D eigenvalue weighted by Crippen LogP contribution is -2.26. The van der Waals surface area contributed by atoms with Gasteiger partial charge in [-0.2, -0.15) is 0 Å². The van der Waals surface area contributed by atoms with Crippen LogP contribution in [0.3, 0.4) is 0 Å². The van der Waals surface area contributed by atoms with Crippen LogP contribution in [0.4, 0.5) is 5.69 Å². The lowest BCUT2D eigenvalue weighted by Gasteiger charge is -2.17. The molecule has 0 fully saturated rings. The maximum absolute atomic E-state index is 12.7. The number of hydrogen-bond donors (Lipinski definition) is 1. The molecule has 30 heavy (non-hydrogen) atoms. The highest BCUT2D eigenvalue weighted by atomic mass is 32.2. The zero-order valence-corrected chi connectivity index (χ0v) is 19.5. The predicted octanol–water partition coefficient (Wildman–Crippen LogP) is 5.30. The van der Waals surface area contributed by atoms with Crippen LogP contribution in [0.5, 0.6) is 0 Å². The first-order valence-electron chi connectivity index (χ1n) is 9.53. The lowest BCUT2D eigenvalue weighted by atomic mass is 9.91. The Morgan fingerprint density at radius 1 is 1.00 bits per heavy atom. The van der Waals surface area contributed by atoms with E-state index in [0.29, 0.717) is 10.5 Å². The van der Waals surface area contributed by atoms with Gasteiger partial charge in [0.2, 0.25) is 5.91 Å². The maximum atomic E-state index is 12.7. The number of rotatable bonds is 8. The summed E-state index contributed by atoms with van der Waals surface area (Å²) in [5, 5.41) is 2.51. The number of anilines is 1. The van der Waals surface area contributed by atoms with Crippen LogP contribution in [0.1, 0.15) is 38.1 Å². The number of para-hydroxylation sites is 1. The average Bonchev–Trinajstić information content (AvgIpc) is 2.71. The van der Waals surface area contributed by atoms with Gasteiger partial charge in [-0.3, -0.25) is 9.59 Å². The first kappa shape index (κ1) is 24.0. The van der Waals surface area contributed by atoms with Crippen LogP contribution in [0.25, 0.3) is 0 Å². The van der Waals surface area contributed by atoms with Crippen molar-refractivity contribution in [2.45, 2.75) is 42.7 Å². The summed E-state index contributed by atoms with van der Waals surface area (Å²) >= 11 is 2.83. The number of carbonyl (C=O) groups is 3. The molecule has 1 N–H and O–H groups in total. The quantitative estimate of drug-likeness (QED) is 0.439. The molecule has 5 nitrogen and oxygen atoms in total. The highest BCUT2D eigenvalue weighted by Crippen LogP contribution is 2.30.